The van der Waals surface area contributed by atoms with Crippen molar-refractivity contribution in [2.24, 2.45) is 0 Å². The highest BCUT2D eigenvalue weighted by atomic mass is 16.4. The van der Waals surface area contributed by atoms with E-state index in [-0.39, 0.29) is 0 Å². The minimum Gasteiger partial charge on any atom is -0.478 e. The molecule has 1 saturated carbocycles. The average molecular weight is 232 g/mol. The van der Waals surface area contributed by atoms with Gasteiger partial charge in [0.25, 0.3) is 0 Å². The number of aliphatic carboxylic acids is 1. The highest BCUT2D eigenvalue weighted by molar-refractivity contribution is 5.86. The highest BCUT2D eigenvalue weighted by Crippen LogP contribution is 2.32. The number of hydrogen-bond donors (Lipinski definition) is 1. The van der Waals surface area contributed by atoms with Gasteiger partial charge in [0.2, 0.25) is 0 Å². The Bertz CT molecular complexity index is 439. The van der Waals surface area contributed by atoms with E-state index < -0.39 is 5.97 Å². The van der Waals surface area contributed by atoms with Gasteiger partial charge in [0.15, 0.2) is 0 Å². The van der Waals surface area contributed by atoms with Crippen LogP contribution >= 0.6 is 0 Å². The fraction of sp³-hybridized carbons (Fsp3) is 0.385. The quantitative estimate of drug-likeness (QED) is 0.790. The van der Waals surface area contributed by atoms with Crippen LogP contribution in [0.25, 0.3) is 6.08 Å². The Labute approximate surface area is 101 Å². The van der Waals surface area contributed by atoms with E-state index >= 15 is 0 Å². The maximum absolute atomic E-state index is 10.5. The zero-order valence-electron chi connectivity index (χ0n) is 9.84. The molecule has 0 unspecified atom stereocenters. The van der Waals surface area contributed by atoms with Gasteiger partial charge in [0.1, 0.15) is 5.82 Å². The van der Waals surface area contributed by atoms with Crippen LogP contribution in [-0.2, 0) is 4.79 Å². The molecule has 0 atom stereocenters. The molecule has 1 aliphatic rings. The molecule has 0 aromatic carbocycles. The standard InChI is InChI=1S/C13H16N2O2/c1-2-15(11-6-7-11)13-10(4-3-9-14-13)5-8-12(16)17/h3-5,8-9,11H,2,6-7H2,1H3,(H,16,17)/b8-5+. The first-order valence-corrected chi connectivity index (χ1v) is 5.85. The van der Waals surface area contributed by atoms with Crippen LogP contribution in [0.2, 0.25) is 0 Å². The van der Waals surface area contributed by atoms with Crippen LogP contribution in [0.5, 0.6) is 0 Å². The molecule has 1 aromatic rings. The van der Waals surface area contributed by atoms with Crippen LogP contribution in [0, 0.1) is 0 Å². The van der Waals surface area contributed by atoms with E-state index in [1.807, 2.05) is 12.1 Å². The van der Waals surface area contributed by atoms with Crippen LogP contribution < -0.4 is 4.90 Å². The van der Waals surface area contributed by atoms with E-state index in [2.05, 4.69) is 16.8 Å². The van der Waals surface area contributed by atoms with Crippen LogP contribution in [0.15, 0.2) is 24.4 Å². The number of pyridine rings is 1. The minimum atomic E-state index is -0.936. The molecule has 17 heavy (non-hydrogen) atoms. The molecule has 1 heterocycles. The fourth-order valence-electron chi connectivity index (χ4n) is 1.91. The van der Waals surface area contributed by atoms with E-state index in [9.17, 15) is 4.79 Å². The molecule has 1 aliphatic carbocycles. The van der Waals surface area contributed by atoms with Gasteiger partial charge in [-0.25, -0.2) is 9.78 Å². The predicted octanol–water partition coefficient (Wildman–Crippen LogP) is 2.17. The summed E-state index contributed by atoms with van der Waals surface area (Å²) in [5.41, 5.74) is 0.864. The Morgan fingerprint density at radius 3 is 3.00 bits per heavy atom. The van der Waals surface area contributed by atoms with Crippen molar-refractivity contribution >= 4 is 17.9 Å². The Morgan fingerprint density at radius 2 is 2.41 bits per heavy atom. The topological polar surface area (TPSA) is 53.4 Å². The van der Waals surface area contributed by atoms with Crippen molar-refractivity contribution in [1.82, 2.24) is 4.98 Å². The molecule has 0 bridgehead atoms. The van der Waals surface area contributed by atoms with Crippen molar-refractivity contribution in [2.75, 3.05) is 11.4 Å². The predicted molar refractivity (Wildman–Crippen MR) is 66.9 cm³/mol. The van der Waals surface area contributed by atoms with Crippen LogP contribution in [0.4, 0.5) is 5.82 Å². The first-order chi connectivity index (χ1) is 8.22. The lowest BCUT2D eigenvalue weighted by Crippen LogP contribution is -2.26. The number of carbonyl (C=O) groups is 1. The van der Waals surface area contributed by atoms with Crippen LogP contribution in [0.3, 0.4) is 0 Å². The molecule has 1 N–H and O–H groups in total. The summed E-state index contributed by atoms with van der Waals surface area (Å²) in [5.74, 6) is -0.0516. The molecule has 0 radical (unpaired) electrons. The first kappa shape index (κ1) is 11.6. The third-order valence-electron chi connectivity index (χ3n) is 2.82. The fourth-order valence-corrected chi connectivity index (χ4v) is 1.91. The molecule has 90 valence electrons. The second-order valence-electron chi connectivity index (χ2n) is 4.10. The molecule has 0 amide bonds. The number of aromatic nitrogens is 1. The van der Waals surface area contributed by atoms with E-state index in [1.54, 1.807) is 12.3 Å². The molecule has 0 saturated heterocycles. The SMILES string of the molecule is CCN(c1ncccc1/C=C/C(=O)O)C1CC1. The van der Waals surface area contributed by atoms with Crippen molar-refractivity contribution in [1.29, 1.82) is 0 Å². The highest BCUT2D eigenvalue weighted by Gasteiger charge is 2.29. The van der Waals surface area contributed by atoms with Crippen molar-refractivity contribution in [2.45, 2.75) is 25.8 Å². The van der Waals surface area contributed by atoms with E-state index in [4.69, 9.17) is 5.11 Å². The van der Waals surface area contributed by atoms with Crippen molar-refractivity contribution < 1.29 is 9.90 Å². The van der Waals surface area contributed by atoms with Gasteiger partial charge < -0.3 is 10.0 Å². The maximum atomic E-state index is 10.5. The van der Waals surface area contributed by atoms with Crippen molar-refractivity contribution in [3.05, 3.63) is 30.0 Å². The lowest BCUT2D eigenvalue weighted by Gasteiger charge is -2.23. The van der Waals surface area contributed by atoms with Gasteiger partial charge in [0, 0.05) is 30.4 Å². The van der Waals surface area contributed by atoms with Gasteiger partial charge in [-0.05, 0) is 38.0 Å². The smallest absolute Gasteiger partial charge is 0.328 e. The largest absolute Gasteiger partial charge is 0.478 e. The number of nitrogens with zero attached hydrogens (tertiary/aromatic N) is 2. The van der Waals surface area contributed by atoms with Crippen molar-refractivity contribution in [3.8, 4) is 0 Å². The van der Waals surface area contributed by atoms with E-state index in [0.29, 0.717) is 6.04 Å². The second kappa shape index (κ2) is 4.99. The summed E-state index contributed by atoms with van der Waals surface area (Å²) >= 11 is 0. The Hall–Kier alpha value is -1.84. The average Bonchev–Trinajstić information content (AvgIpc) is 3.13. The maximum Gasteiger partial charge on any atom is 0.328 e. The molecular weight excluding hydrogens is 216 g/mol. The summed E-state index contributed by atoms with van der Waals surface area (Å²) in [4.78, 5) is 17.2. The van der Waals surface area contributed by atoms with Crippen LogP contribution in [0.1, 0.15) is 25.3 Å². The summed E-state index contributed by atoms with van der Waals surface area (Å²) in [6, 6.07) is 4.30. The van der Waals surface area contributed by atoms with Crippen molar-refractivity contribution in [3.63, 3.8) is 0 Å². The zero-order valence-corrected chi connectivity index (χ0v) is 9.84. The zero-order chi connectivity index (χ0) is 12.3. The Balaban J connectivity index is 2.28. The van der Waals surface area contributed by atoms with Gasteiger partial charge in [-0.15, -0.1) is 0 Å². The number of carboxylic acid groups (broad SMARTS) is 1. The third-order valence-corrected chi connectivity index (χ3v) is 2.82. The third kappa shape index (κ3) is 2.84. The monoisotopic (exact) mass is 232 g/mol. The van der Waals surface area contributed by atoms with Gasteiger partial charge in [0.05, 0.1) is 0 Å². The number of anilines is 1. The molecule has 0 spiro atoms. The summed E-state index contributed by atoms with van der Waals surface area (Å²) in [6.07, 6.45) is 6.91. The summed E-state index contributed by atoms with van der Waals surface area (Å²) in [5, 5.41) is 8.66. The van der Waals surface area contributed by atoms with Gasteiger partial charge in [-0.2, -0.15) is 0 Å². The van der Waals surface area contributed by atoms with Gasteiger partial charge in [-0.1, -0.05) is 0 Å². The molecule has 4 heteroatoms. The van der Waals surface area contributed by atoms with E-state index in [1.165, 1.54) is 12.8 Å². The molecule has 1 fully saturated rings. The second-order valence-corrected chi connectivity index (χ2v) is 4.10. The summed E-state index contributed by atoms with van der Waals surface area (Å²) in [6.45, 7) is 2.99. The Morgan fingerprint density at radius 1 is 1.65 bits per heavy atom. The summed E-state index contributed by atoms with van der Waals surface area (Å²) < 4.78 is 0. The number of carboxylic acids is 1. The lowest BCUT2D eigenvalue weighted by molar-refractivity contribution is -0.131. The molecule has 1 aromatic heterocycles. The molecule has 4 nitrogen and oxygen atoms in total. The summed E-state index contributed by atoms with van der Waals surface area (Å²) in [7, 11) is 0. The molecular formula is C13H16N2O2. The molecule has 0 aliphatic heterocycles. The van der Waals surface area contributed by atoms with Gasteiger partial charge >= 0.3 is 5.97 Å². The number of rotatable bonds is 5. The number of hydrogen-bond acceptors (Lipinski definition) is 3. The molecule has 2 rings (SSSR count). The Kier molecular flexibility index (Phi) is 3.42. The van der Waals surface area contributed by atoms with Crippen LogP contribution in [-0.4, -0.2) is 28.6 Å². The van der Waals surface area contributed by atoms with E-state index in [0.717, 1.165) is 24.0 Å². The lowest BCUT2D eigenvalue weighted by atomic mass is 10.2. The first-order valence-electron chi connectivity index (χ1n) is 5.85. The van der Waals surface area contributed by atoms with Gasteiger partial charge in [-0.3, -0.25) is 0 Å². The normalized spacial score (nSPS) is 15.1. The minimum absolute atomic E-state index is 0.576.